The van der Waals surface area contributed by atoms with Gasteiger partial charge in [0.15, 0.2) is 0 Å². The largest absolute Gasteiger partial charge is 0.383 e. The van der Waals surface area contributed by atoms with Gasteiger partial charge in [-0.25, -0.2) is 4.98 Å². The molecular weight excluding hydrogens is 440 g/mol. The standard InChI is InChI=1S/C25H21ClN4O3/c26-21-22(24(32)16-4-2-1-3-15(16)23(21)31)28-11-13-5-7-17(25(27)33)18(9-13)14-6-8-19-20(10-14)30-12-29-19/h1-10,12,23-24,28,31-32H,11H2,(H2,27,33)(H,29,30). The second kappa shape index (κ2) is 8.37. The van der Waals surface area contributed by atoms with Crippen LogP contribution in [0.4, 0.5) is 0 Å². The van der Waals surface area contributed by atoms with Crippen molar-refractivity contribution in [2.45, 2.75) is 18.8 Å². The van der Waals surface area contributed by atoms with Crippen molar-refractivity contribution in [2.75, 3.05) is 0 Å². The smallest absolute Gasteiger partial charge is 0.249 e. The molecule has 1 amide bonds. The number of amides is 1. The number of imidazole rings is 1. The molecule has 0 bridgehead atoms. The van der Waals surface area contributed by atoms with Crippen molar-refractivity contribution in [1.29, 1.82) is 0 Å². The van der Waals surface area contributed by atoms with E-state index in [1.54, 1.807) is 42.7 Å². The molecule has 1 heterocycles. The van der Waals surface area contributed by atoms with E-state index in [0.29, 0.717) is 34.5 Å². The van der Waals surface area contributed by atoms with E-state index in [1.807, 2.05) is 24.3 Å². The lowest BCUT2D eigenvalue weighted by atomic mass is 9.90. The van der Waals surface area contributed by atoms with Crippen LogP contribution in [-0.4, -0.2) is 26.1 Å². The quantitative estimate of drug-likeness (QED) is 0.311. The molecule has 0 saturated heterocycles. The van der Waals surface area contributed by atoms with Gasteiger partial charge in [-0.05, 0) is 52.1 Å². The van der Waals surface area contributed by atoms with Gasteiger partial charge in [0.1, 0.15) is 12.2 Å². The van der Waals surface area contributed by atoms with Gasteiger partial charge < -0.3 is 26.2 Å². The fourth-order valence-electron chi connectivity index (χ4n) is 4.22. The van der Waals surface area contributed by atoms with Crippen molar-refractivity contribution in [3.05, 3.63) is 100.0 Å². The number of nitrogens with one attached hydrogen (secondary N) is 2. The summed E-state index contributed by atoms with van der Waals surface area (Å²) in [6, 6.07) is 18.1. The number of rotatable bonds is 5. The molecule has 0 spiro atoms. The Morgan fingerprint density at radius 1 is 1.06 bits per heavy atom. The van der Waals surface area contributed by atoms with Crippen molar-refractivity contribution in [1.82, 2.24) is 15.3 Å². The molecule has 0 fully saturated rings. The predicted molar refractivity (Wildman–Crippen MR) is 126 cm³/mol. The Balaban J connectivity index is 1.46. The average Bonchev–Trinajstić information content (AvgIpc) is 3.30. The van der Waals surface area contributed by atoms with Crippen LogP contribution in [0.2, 0.25) is 0 Å². The average molecular weight is 461 g/mol. The number of carbonyl (C=O) groups is 1. The van der Waals surface area contributed by atoms with Gasteiger partial charge in [0.25, 0.3) is 0 Å². The molecule has 1 aromatic heterocycles. The summed E-state index contributed by atoms with van der Waals surface area (Å²) in [7, 11) is 0. The first-order valence-corrected chi connectivity index (χ1v) is 10.8. The monoisotopic (exact) mass is 460 g/mol. The molecule has 7 nitrogen and oxygen atoms in total. The number of aliphatic hydroxyl groups excluding tert-OH is 2. The first kappa shape index (κ1) is 21.2. The normalized spacial score (nSPS) is 17.8. The second-order valence-corrected chi connectivity index (χ2v) is 8.34. The number of carbonyl (C=O) groups excluding carboxylic acids is 1. The molecule has 3 aromatic carbocycles. The van der Waals surface area contributed by atoms with Crippen molar-refractivity contribution in [3.63, 3.8) is 0 Å². The highest BCUT2D eigenvalue weighted by Crippen LogP contribution is 2.41. The zero-order valence-electron chi connectivity index (χ0n) is 17.4. The van der Waals surface area contributed by atoms with Gasteiger partial charge in [-0.1, -0.05) is 48.0 Å². The zero-order valence-corrected chi connectivity index (χ0v) is 18.2. The highest BCUT2D eigenvalue weighted by atomic mass is 35.5. The Hall–Kier alpha value is -3.65. The zero-order chi connectivity index (χ0) is 23.1. The Morgan fingerprint density at radius 3 is 2.58 bits per heavy atom. The Morgan fingerprint density at radius 2 is 1.82 bits per heavy atom. The maximum atomic E-state index is 12.1. The van der Waals surface area contributed by atoms with E-state index < -0.39 is 18.1 Å². The van der Waals surface area contributed by atoms with Crippen LogP contribution in [0.3, 0.4) is 0 Å². The highest BCUT2D eigenvalue weighted by Gasteiger charge is 2.31. The molecule has 0 saturated carbocycles. The summed E-state index contributed by atoms with van der Waals surface area (Å²) in [5, 5.41) is 24.7. The summed E-state index contributed by atoms with van der Waals surface area (Å²) in [5.41, 5.74) is 11.6. The molecule has 5 rings (SSSR count). The third kappa shape index (κ3) is 3.76. The van der Waals surface area contributed by atoms with Gasteiger partial charge >= 0.3 is 0 Å². The molecule has 6 N–H and O–H groups in total. The van der Waals surface area contributed by atoms with Gasteiger partial charge in [-0.15, -0.1) is 0 Å². The van der Waals surface area contributed by atoms with E-state index in [0.717, 1.165) is 22.2 Å². The van der Waals surface area contributed by atoms with Crippen LogP contribution in [-0.2, 0) is 6.54 Å². The minimum Gasteiger partial charge on any atom is -0.383 e. The molecule has 33 heavy (non-hydrogen) atoms. The molecule has 4 aromatic rings. The van der Waals surface area contributed by atoms with E-state index in [9.17, 15) is 15.0 Å². The fraction of sp³-hybridized carbons (Fsp3) is 0.120. The van der Waals surface area contributed by atoms with Gasteiger partial charge in [-0.3, -0.25) is 4.79 Å². The van der Waals surface area contributed by atoms with Crippen LogP contribution < -0.4 is 11.1 Å². The molecule has 2 atom stereocenters. The number of hydrogen-bond acceptors (Lipinski definition) is 5. The van der Waals surface area contributed by atoms with Crippen LogP contribution in [0.5, 0.6) is 0 Å². The minimum absolute atomic E-state index is 0.153. The lowest BCUT2D eigenvalue weighted by Gasteiger charge is -2.29. The molecular formula is C25H21ClN4O3. The lowest BCUT2D eigenvalue weighted by molar-refractivity contribution is 0.100. The molecule has 8 heteroatoms. The number of halogens is 1. The molecule has 1 aliphatic rings. The Labute approximate surface area is 194 Å². The first-order chi connectivity index (χ1) is 15.9. The van der Waals surface area contributed by atoms with Crippen LogP contribution in [0.15, 0.2) is 77.7 Å². The summed E-state index contributed by atoms with van der Waals surface area (Å²) in [6.45, 7) is 0.315. The minimum atomic E-state index is -1.01. The van der Waals surface area contributed by atoms with Crippen molar-refractivity contribution in [2.24, 2.45) is 5.73 Å². The summed E-state index contributed by atoms with van der Waals surface area (Å²) in [6.07, 6.45) is -0.379. The molecule has 0 radical (unpaired) electrons. The van der Waals surface area contributed by atoms with Gasteiger partial charge in [0.2, 0.25) is 5.91 Å². The van der Waals surface area contributed by atoms with E-state index >= 15 is 0 Å². The topological polar surface area (TPSA) is 124 Å². The summed E-state index contributed by atoms with van der Waals surface area (Å²) in [5.74, 6) is -0.526. The number of nitrogens with two attached hydrogens (primary N) is 1. The van der Waals surface area contributed by atoms with Gasteiger partial charge in [0, 0.05) is 12.1 Å². The third-order valence-corrected chi connectivity index (χ3v) is 6.33. The van der Waals surface area contributed by atoms with Gasteiger partial charge in [-0.2, -0.15) is 0 Å². The van der Waals surface area contributed by atoms with Crippen molar-refractivity contribution < 1.29 is 15.0 Å². The maximum Gasteiger partial charge on any atom is 0.249 e. The Kier molecular flexibility index (Phi) is 5.38. The van der Waals surface area contributed by atoms with E-state index in [1.165, 1.54) is 0 Å². The number of fused-ring (bicyclic) bond motifs is 2. The fourth-order valence-corrected chi connectivity index (χ4v) is 4.50. The first-order valence-electron chi connectivity index (χ1n) is 10.4. The second-order valence-electron chi connectivity index (χ2n) is 7.93. The summed E-state index contributed by atoms with van der Waals surface area (Å²) >= 11 is 6.40. The van der Waals surface area contributed by atoms with Crippen LogP contribution in [0.1, 0.15) is 39.3 Å². The number of hydrogen-bond donors (Lipinski definition) is 5. The molecule has 166 valence electrons. The molecule has 1 aliphatic carbocycles. The van der Waals surface area contributed by atoms with Gasteiger partial charge in [0.05, 0.1) is 28.1 Å². The van der Waals surface area contributed by atoms with Crippen LogP contribution in [0, 0.1) is 0 Å². The van der Waals surface area contributed by atoms with E-state index in [2.05, 4.69) is 15.3 Å². The highest BCUT2D eigenvalue weighted by molar-refractivity contribution is 6.30. The SMILES string of the molecule is NC(=O)c1ccc(CNC2=C(Cl)C(O)c3ccccc3C2O)cc1-c1ccc2nc[nH]c2c1. The molecule has 0 aliphatic heterocycles. The lowest BCUT2D eigenvalue weighted by Crippen LogP contribution is -2.26. The number of primary amides is 1. The van der Waals surface area contributed by atoms with Crippen molar-refractivity contribution >= 4 is 28.5 Å². The molecule has 2 unspecified atom stereocenters. The number of aliphatic hydroxyl groups is 2. The van der Waals surface area contributed by atoms with Crippen LogP contribution in [0.25, 0.3) is 22.2 Å². The third-order valence-electron chi connectivity index (χ3n) is 5.92. The predicted octanol–water partition coefficient (Wildman–Crippen LogP) is 3.65. The number of nitrogens with zero attached hydrogens (tertiary/aromatic N) is 1. The summed E-state index contributed by atoms with van der Waals surface area (Å²) in [4.78, 5) is 19.4. The van der Waals surface area contributed by atoms with Crippen molar-refractivity contribution in [3.8, 4) is 11.1 Å². The maximum absolute atomic E-state index is 12.1. The number of aromatic nitrogens is 2. The summed E-state index contributed by atoms with van der Waals surface area (Å²) < 4.78 is 0. The number of aromatic amines is 1. The Bertz CT molecular complexity index is 1410. The van der Waals surface area contributed by atoms with Crippen LogP contribution >= 0.6 is 11.6 Å². The van der Waals surface area contributed by atoms with E-state index in [-0.39, 0.29) is 5.03 Å². The van der Waals surface area contributed by atoms with E-state index in [4.69, 9.17) is 17.3 Å². The number of H-pyrrole nitrogens is 1. The number of benzene rings is 3.